The van der Waals surface area contributed by atoms with E-state index in [1.54, 1.807) is 14.2 Å². The molecule has 10 aromatic rings. The first-order valence-electron chi connectivity index (χ1n) is 19.9. The Morgan fingerprint density at radius 1 is 0.450 bits per heavy atom. The number of ether oxygens (including phenoxy) is 2. The SMILES string of the molecule is COC12N=C(Nc3[nH]c(c4cc5ccccc5cc34)NC3(OC)N=C(N=c4[nH]/c(c5cc6ccccc6cc45)=N\1)c1cc4ccccc4cc13)c1cc3ccccc3cc12. The van der Waals surface area contributed by atoms with Gasteiger partial charge in [-0.25, -0.2) is 20.0 Å². The van der Waals surface area contributed by atoms with Crippen LogP contribution in [-0.4, -0.2) is 35.9 Å². The molecule has 0 spiro atoms. The summed E-state index contributed by atoms with van der Waals surface area (Å²) in [5.41, 5.74) is 4.59. The van der Waals surface area contributed by atoms with Crippen molar-refractivity contribution in [2.24, 2.45) is 20.0 Å². The van der Waals surface area contributed by atoms with Crippen LogP contribution in [0.25, 0.3) is 64.6 Å². The first kappa shape index (κ1) is 33.3. The van der Waals surface area contributed by atoms with Crippen LogP contribution < -0.4 is 21.6 Å². The number of hydrogen-bond acceptors (Lipinski definition) is 8. The Hall–Kier alpha value is -7.66. The monoisotopic (exact) mass is 778 g/mol. The molecule has 0 radical (unpaired) electrons. The number of benzene rings is 8. The number of hydrogen-bond donors (Lipinski definition) is 4. The maximum atomic E-state index is 6.53. The zero-order chi connectivity index (χ0) is 39.7. The molecule has 5 heterocycles. The summed E-state index contributed by atoms with van der Waals surface area (Å²) in [6, 6.07) is 50.6. The van der Waals surface area contributed by atoms with Gasteiger partial charge in [-0.15, -0.1) is 0 Å². The van der Waals surface area contributed by atoms with Crippen LogP contribution in [-0.2, 0) is 21.2 Å². The van der Waals surface area contributed by atoms with Crippen molar-refractivity contribution in [3.63, 3.8) is 0 Å². The Bertz CT molecular complexity index is 3730. The molecule has 0 aliphatic carbocycles. The molecule has 10 nitrogen and oxygen atoms in total. The zero-order valence-electron chi connectivity index (χ0n) is 32.5. The molecule has 2 aromatic heterocycles. The number of methoxy groups -OCH3 is 2. The van der Waals surface area contributed by atoms with E-state index < -0.39 is 11.7 Å². The van der Waals surface area contributed by atoms with Gasteiger partial charge in [0.15, 0.2) is 5.84 Å². The summed E-state index contributed by atoms with van der Waals surface area (Å²) in [5.74, 6) is -0.209. The molecule has 286 valence electrons. The highest BCUT2D eigenvalue weighted by atomic mass is 16.5. The minimum Gasteiger partial charge on any atom is -0.336 e. The van der Waals surface area contributed by atoms with Gasteiger partial charge in [-0.2, -0.15) is 0 Å². The van der Waals surface area contributed by atoms with Crippen LogP contribution in [0.5, 0.6) is 0 Å². The number of aromatic amines is 2. The van der Waals surface area contributed by atoms with Crippen molar-refractivity contribution in [1.29, 1.82) is 0 Å². The van der Waals surface area contributed by atoms with E-state index >= 15 is 0 Å². The number of H-pyrrole nitrogens is 2. The van der Waals surface area contributed by atoms with Crippen LogP contribution in [0.15, 0.2) is 166 Å². The lowest BCUT2D eigenvalue weighted by atomic mass is 9.99. The minimum atomic E-state index is -1.45. The fourth-order valence-electron chi connectivity index (χ4n) is 9.43. The number of nitrogens with zero attached hydrogens (tertiary/aromatic N) is 4. The average molecular weight is 779 g/mol. The fourth-order valence-corrected chi connectivity index (χ4v) is 9.43. The lowest BCUT2D eigenvalue weighted by Gasteiger charge is -2.27. The molecule has 3 aliphatic heterocycles. The van der Waals surface area contributed by atoms with Crippen LogP contribution >= 0.6 is 0 Å². The first-order valence-corrected chi connectivity index (χ1v) is 19.9. The molecule has 2 atom stereocenters. The van der Waals surface area contributed by atoms with Crippen molar-refractivity contribution in [1.82, 2.24) is 9.97 Å². The van der Waals surface area contributed by atoms with Crippen LogP contribution in [0, 0.1) is 0 Å². The van der Waals surface area contributed by atoms with Gasteiger partial charge >= 0.3 is 0 Å². The van der Waals surface area contributed by atoms with Gasteiger partial charge in [0.2, 0.25) is 0 Å². The largest absolute Gasteiger partial charge is 0.336 e. The highest BCUT2D eigenvalue weighted by molar-refractivity contribution is 6.18. The van der Waals surface area contributed by atoms with Gasteiger partial charge in [-0.05, 0) is 91.6 Å². The van der Waals surface area contributed by atoms with Crippen LogP contribution in [0.2, 0.25) is 0 Å². The predicted molar refractivity (Wildman–Crippen MR) is 240 cm³/mol. The van der Waals surface area contributed by atoms with Gasteiger partial charge in [0.25, 0.3) is 11.7 Å². The summed E-state index contributed by atoms with van der Waals surface area (Å²) in [5, 5.41) is 19.8. The molecule has 2 unspecified atom stereocenters. The molecular weight excluding hydrogens is 745 g/mol. The highest BCUT2D eigenvalue weighted by Crippen LogP contribution is 2.45. The minimum absolute atomic E-state index is 0.513. The Morgan fingerprint density at radius 2 is 0.950 bits per heavy atom. The molecule has 8 bridgehead atoms. The van der Waals surface area contributed by atoms with E-state index in [9.17, 15) is 0 Å². The molecule has 3 aliphatic rings. The van der Waals surface area contributed by atoms with Crippen molar-refractivity contribution in [2.75, 3.05) is 24.9 Å². The normalized spacial score (nSPS) is 19.7. The maximum Gasteiger partial charge on any atom is 0.288 e. The summed E-state index contributed by atoms with van der Waals surface area (Å²) in [7, 11) is 3.35. The van der Waals surface area contributed by atoms with Gasteiger partial charge in [0.1, 0.15) is 28.4 Å². The quantitative estimate of drug-likeness (QED) is 0.140. The second-order valence-electron chi connectivity index (χ2n) is 15.7. The Balaban J connectivity index is 1.18. The van der Waals surface area contributed by atoms with E-state index in [0.717, 1.165) is 98.5 Å². The van der Waals surface area contributed by atoms with Crippen molar-refractivity contribution >= 4 is 87.9 Å². The summed E-state index contributed by atoms with van der Waals surface area (Å²) in [6.45, 7) is 0. The molecule has 60 heavy (non-hydrogen) atoms. The standard InChI is InChI=1S/C50H34N8O2/c1-59-49-41-25-33-17-9-7-15-31(33)23-39(41)47(57-49)53-44-36-20-28-12-4-6-14-30(28)22-38(36)46(52-44)56-50(60-2)42-26-34-18-10-8-16-32(34)24-40(42)48(58-50)54-43-35-19-27-11-3-5-13-29(27)21-37(35)45(51-43)55-49/h3-26,51,55H,1-2H3,(H,54,58)(H,52,53,56,57). The third-order valence-electron chi connectivity index (χ3n) is 12.4. The number of anilines is 2. The van der Waals surface area contributed by atoms with E-state index in [4.69, 9.17) is 29.4 Å². The molecule has 10 heteroatoms. The van der Waals surface area contributed by atoms with Gasteiger partial charge in [-0.3, -0.25) is 0 Å². The topological polar surface area (TPSA) is 124 Å². The number of aliphatic imine (C=N–C) groups is 2. The molecular formula is C50H34N8O2. The van der Waals surface area contributed by atoms with Crippen molar-refractivity contribution < 1.29 is 9.47 Å². The van der Waals surface area contributed by atoms with E-state index in [1.807, 2.05) is 30.3 Å². The van der Waals surface area contributed by atoms with Gasteiger partial charge in [0, 0.05) is 58.0 Å². The Morgan fingerprint density at radius 3 is 1.53 bits per heavy atom. The Labute approximate surface area is 341 Å². The smallest absolute Gasteiger partial charge is 0.288 e. The molecule has 0 saturated heterocycles. The summed E-state index contributed by atoms with van der Waals surface area (Å²) >= 11 is 0. The Kier molecular flexibility index (Phi) is 6.64. The number of aromatic nitrogens is 2. The average Bonchev–Trinajstić information content (AvgIpc) is 3.98. The molecule has 0 amide bonds. The summed E-state index contributed by atoms with van der Waals surface area (Å²) in [6.07, 6.45) is 0. The van der Waals surface area contributed by atoms with E-state index in [1.165, 1.54) is 0 Å². The second kappa shape index (κ2) is 12.0. The van der Waals surface area contributed by atoms with Gasteiger partial charge in [0.05, 0.1) is 0 Å². The molecule has 0 saturated carbocycles. The van der Waals surface area contributed by atoms with Crippen molar-refractivity contribution in [3.05, 3.63) is 179 Å². The van der Waals surface area contributed by atoms with Crippen LogP contribution in [0.3, 0.4) is 0 Å². The lowest BCUT2D eigenvalue weighted by Crippen LogP contribution is -2.34. The third-order valence-corrected chi connectivity index (χ3v) is 12.4. The van der Waals surface area contributed by atoms with E-state index in [0.29, 0.717) is 22.6 Å². The molecule has 13 rings (SSSR count). The van der Waals surface area contributed by atoms with Crippen LogP contribution in [0.1, 0.15) is 22.3 Å². The number of nitrogens with one attached hydrogen (secondary N) is 4. The predicted octanol–water partition coefficient (Wildman–Crippen LogP) is 9.47. The zero-order valence-corrected chi connectivity index (χ0v) is 32.5. The van der Waals surface area contributed by atoms with Crippen molar-refractivity contribution in [2.45, 2.75) is 11.7 Å². The fraction of sp³-hybridized carbons (Fsp3) is 0.0800. The summed E-state index contributed by atoms with van der Waals surface area (Å²) in [4.78, 5) is 29.0. The number of fused-ring (bicyclic) bond motifs is 22. The number of amidine groups is 2. The van der Waals surface area contributed by atoms with Gasteiger partial charge < -0.3 is 30.1 Å². The summed E-state index contributed by atoms with van der Waals surface area (Å²) < 4.78 is 13.0. The van der Waals surface area contributed by atoms with Crippen LogP contribution in [0.4, 0.5) is 11.6 Å². The first-order chi connectivity index (χ1) is 29.5. The van der Waals surface area contributed by atoms with E-state index in [2.05, 4.69) is 136 Å². The maximum absolute atomic E-state index is 6.53. The third kappa shape index (κ3) is 4.65. The second-order valence-corrected chi connectivity index (χ2v) is 15.7. The highest BCUT2D eigenvalue weighted by Gasteiger charge is 2.44. The number of rotatable bonds is 2. The molecule has 4 N–H and O–H groups in total. The van der Waals surface area contributed by atoms with Gasteiger partial charge in [-0.1, -0.05) is 97.1 Å². The lowest BCUT2D eigenvalue weighted by molar-refractivity contribution is 0.000515. The van der Waals surface area contributed by atoms with Crippen molar-refractivity contribution in [3.8, 4) is 0 Å². The molecule has 8 aromatic carbocycles. The van der Waals surface area contributed by atoms with E-state index in [-0.39, 0.29) is 0 Å². The molecule has 0 fully saturated rings.